The van der Waals surface area contributed by atoms with E-state index in [1.54, 1.807) is 16.0 Å². The van der Waals surface area contributed by atoms with E-state index in [2.05, 4.69) is 22.3 Å². The molecule has 0 unspecified atom stereocenters. The number of aromatic nitrogens is 3. The maximum absolute atomic E-state index is 4.63. The van der Waals surface area contributed by atoms with Gasteiger partial charge in [0.25, 0.3) is 0 Å². The predicted molar refractivity (Wildman–Crippen MR) is 66.5 cm³/mol. The topological polar surface area (TPSA) is 42.7 Å². The Hall–Kier alpha value is -1.20. The number of hydrogen-bond donors (Lipinski definition) is 1. The second-order valence-corrected chi connectivity index (χ2v) is 4.73. The minimum atomic E-state index is 0.883. The Bertz CT molecular complexity index is 472. The smallest absolute Gasteiger partial charge is 0.144 e. The van der Waals surface area contributed by atoms with E-state index < -0.39 is 0 Å². The van der Waals surface area contributed by atoms with Crippen molar-refractivity contribution in [3.8, 4) is 10.7 Å². The van der Waals surface area contributed by atoms with E-state index in [0.29, 0.717) is 0 Å². The van der Waals surface area contributed by atoms with Crippen LogP contribution in [-0.2, 0) is 20.0 Å². The summed E-state index contributed by atoms with van der Waals surface area (Å²) in [7, 11) is 3.88. The highest BCUT2D eigenvalue weighted by atomic mass is 32.1. The van der Waals surface area contributed by atoms with Gasteiger partial charge in [-0.15, -0.1) is 11.3 Å². The van der Waals surface area contributed by atoms with Gasteiger partial charge in [0.1, 0.15) is 10.7 Å². The summed E-state index contributed by atoms with van der Waals surface area (Å²) in [4.78, 5) is 5.94. The van der Waals surface area contributed by atoms with Gasteiger partial charge < -0.3 is 5.32 Å². The van der Waals surface area contributed by atoms with E-state index in [1.165, 1.54) is 10.6 Å². The van der Waals surface area contributed by atoms with Crippen molar-refractivity contribution in [3.05, 3.63) is 22.8 Å². The second kappa shape index (κ2) is 4.76. The van der Waals surface area contributed by atoms with Gasteiger partial charge in [-0.05, 0) is 19.5 Å². The molecule has 0 spiro atoms. The van der Waals surface area contributed by atoms with E-state index in [1.807, 2.05) is 26.4 Å². The van der Waals surface area contributed by atoms with Crippen LogP contribution in [0.5, 0.6) is 0 Å². The third kappa shape index (κ3) is 2.15. The Kier molecular flexibility index (Phi) is 3.36. The molecule has 0 bridgehead atoms. The maximum atomic E-state index is 4.63. The lowest BCUT2D eigenvalue weighted by Crippen LogP contribution is -2.05. The van der Waals surface area contributed by atoms with Crippen LogP contribution in [0.15, 0.2) is 12.3 Å². The highest BCUT2D eigenvalue weighted by Crippen LogP contribution is 2.27. The fraction of sp³-hybridized carbons (Fsp3) is 0.455. The average Bonchev–Trinajstić information content (AvgIpc) is 2.85. The maximum Gasteiger partial charge on any atom is 0.144 e. The first-order valence-electron chi connectivity index (χ1n) is 5.37. The molecule has 16 heavy (non-hydrogen) atoms. The molecule has 2 rings (SSSR count). The second-order valence-electron chi connectivity index (χ2n) is 3.65. The lowest BCUT2D eigenvalue weighted by molar-refractivity contribution is 0.770. The molecule has 0 aromatic carbocycles. The molecular weight excluding hydrogens is 220 g/mol. The van der Waals surface area contributed by atoms with Gasteiger partial charge in [0.15, 0.2) is 0 Å². The molecule has 0 aliphatic carbocycles. The van der Waals surface area contributed by atoms with Crippen LogP contribution < -0.4 is 5.32 Å². The van der Waals surface area contributed by atoms with Crippen molar-refractivity contribution in [2.75, 3.05) is 7.05 Å². The van der Waals surface area contributed by atoms with Crippen molar-refractivity contribution >= 4 is 11.3 Å². The summed E-state index contributed by atoms with van der Waals surface area (Å²) in [6, 6.07) is 2.00. The van der Waals surface area contributed by atoms with Gasteiger partial charge in [0, 0.05) is 24.7 Å². The molecule has 0 saturated heterocycles. The number of rotatable bonds is 4. The monoisotopic (exact) mass is 236 g/mol. The molecule has 2 aromatic heterocycles. The predicted octanol–water partition coefficient (Wildman–Crippen LogP) is 1.83. The molecule has 2 aromatic rings. The molecule has 0 atom stereocenters. The third-order valence-corrected chi connectivity index (χ3v) is 3.50. The average molecular weight is 236 g/mol. The third-order valence-electron chi connectivity index (χ3n) is 2.38. The zero-order valence-electron chi connectivity index (χ0n) is 9.82. The van der Waals surface area contributed by atoms with Crippen molar-refractivity contribution in [2.45, 2.75) is 19.9 Å². The standard InChI is InChI=1S/C11H16N4S/c1-4-8-10(7-12-2)16-11(13-8)9-5-6-15(3)14-9/h5-6,12H,4,7H2,1-3H3. The van der Waals surface area contributed by atoms with Gasteiger partial charge >= 0.3 is 0 Å². The van der Waals surface area contributed by atoms with Crippen LogP contribution in [0.2, 0.25) is 0 Å². The number of hydrogen-bond acceptors (Lipinski definition) is 4. The molecule has 2 heterocycles. The Morgan fingerprint density at radius 1 is 1.50 bits per heavy atom. The fourth-order valence-electron chi connectivity index (χ4n) is 1.60. The van der Waals surface area contributed by atoms with Crippen LogP contribution in [0.25, 0.3) is 10.7 Å². The molecule has 0 amide bonds. The van der Waals surface area contributed by atoms with Crippen LogP contribution in [0.4, 0.5) is 0 Å². The zero-order chi connectivity index (χ0) is 11.5. The first-order chi connectivity index (χ1) is 7.74. The summed E-state index contributed by atoms with van der Waals surface area (Å²) in [5.74, 6) is 0. The van der Waals surface area contributed by atoms with Gasteiger partial charge in [-0.2, -0.15) is 5.10 Å². The summed E-state index contributed by atoms with van der Waals surface area (Å²) in [6.45, 7) is 3.02. The minimum Gasteiger partial charge on any atom is -0.315 e. The lowest BCUT2D eigenvalue weighted by Gasteiger charge is -1.96. The van der Waals surface area contributed by atoms with Crippen molar-refractivity contribution < 1.29 is 0 Å². The minimum absolute atomic E-state index is 0.883. The summed E-state index contributed by atoms with van der Waals surface area (Å²) >= 11 is 1.73. The van der Waals surface area contributed by atoms with Crippen LogP contribution in [0.3, 0.4) is 0 Å². The highest BCUT2D eigenvalue weighted by Gasteiger charge is 2.12. The van der Waals surface area contributed by atoms with Gasteiger partial charge in [0.05, 0.1) is 5.69 Å². The molecule has 0 aliphatic heterocycles. The summed E-state index contributed by atoms with van der Waals surface area (Å²) in [5.41, 5.74) is 2.14. The van der Waals surface area contributed by atoms with Gasteiger partial charge in [-0.3, -0.25) is 4.68 Å². The molecular formula is C11H16N4S. The first kappa shape index (κ1) is 11.3. The number of nitrogens with zero attached hydrogens (tertiary/aromatic N) is 3. The normalized spacial score (nSPS) is 10.9. The Labute approximate surface area is 99.3 Å². The van der Waals surface area contributed by atoms with E-state index in [0.717, 1.165) is 23.7 Å². The summed E-state index contributed by atoms with van der Waals surface area (Å²) in [5, 5.41) is 8.56. The quantitative estimate of drug-likeness (QED) is 0.880. The number of aryl methyl sites for hydroxylation is 2. The van der Waals surface area contributed by atoms with E-state index >= 15 is 0 Å². The largest absolute Gasteiger partial charge is 0.315 e. The summed E-state index contributed by atoms with van der Waals surface area (Å²) < 4.78 is 1.81. The molecule has 86 valence electrons. The first-order valence-corrected chi connectivity index (χ1v) is 6.19. The van der Waals surface area contributed by atoms with Crippen molar-refractivity contribution in [3.63, 3.8) is 0 Å². The van der Waals surface area contributed by atoms with Gasteiger partial charge in [0.2, 0.25) is 0 Å². The van der Waals surface area contributed by atoms with E-state index in [9.17, 15) is 0 Å². The molecule has 0 aliphatic rings. The SMILES string of the molecule is CCc1nc(-c2ccn(C)n2)sc1CNC. The Morgan fingerprint density at radius 2 is 2.31 bits per heavy atom. The Balaban J connectivity index is 2.35. The highest BCUT2D eigenvalue weighted by molar-refractivity contribution is 7.15. The molecule has 1 N–H and O–H groups in total. The zero-order valence-corrected chi connectivity index (χ0v) is 10.6. The molecule has 0 saturated carbocycles. The van der Waals surface area contributed by atoms with E-state index in [4.69, 9.17) is 0 Å². The molecule has 4 nitrogen and oxygen atoms in total. The number of nitrogens with one attached hydrogen (secondary N) is 1. The van der Waals surface area contributed by atoms with Gasteiger partial charge in [-0.1, -0.05) is 6.92 Å². The molecule has 0 radical (unpaired) electrons. The number of thiazole rings is 1. The molecule has 0 fully saturated rings. The van der Waals surface area contributed by atoms with Crippen molar-refractivity contribution in [1.29, 1.82) is 0 Å². The lowest BCUT2D eigenvalue weighted by atomic mass is 10.3. The van der Waals surface area contributed by atoms with Crippen LogP contribution in [0, 0.1) is 0 Å². The summed E-state index contributed by atoms with van der Waals surface area (Å²) in [6.07, 6.45) is 2.92. The van der Waals surface area contributed by atoms with Crippen LogP contribution >= 0.6 is 11.3 Å². The Morgan fingerprint density at radius 3 is 2.88 bits per heavy atom. The van der Waals surface area contributed by atoms with Crippen LogP contribution in [-0.4, -0.2) is 21.8 Å². The van der Waals surface area contributed by atoms with Crippen LogP contribution in [0.1, 0.15) is 17.5 Å². The van der Waals surface area contributed by atoms with Crippen molar-refractivity contribution in [2.24, 2.45) is 7.05 Å². The fourth-order valence-corrected chi connectivity index (χ4v) is 2.72. The van der Waals surface area contributed by atoms with Crippen molar-refractivity contribution in [1.82, 2.24) is 20.1 Å². The molecule has 5 heteroatoms. The van der Waals surface area contributed by atoms with Gasteiger partial charge in [-0.25, -0.2) is 4.98 Å². The van der Waals surface area contributed by atoms with E-state index in [-0.39, 0.29) is 0 Å².